The normalized spacial score (nSPS) is 10.7. The van der Waals surface area contributed by atoms with E-state index in [0.717, 1.165) is 16.5 Å². The van der Waals surface area contributed by atoms with Crippen LogP contribution < -0.4 is 15.8 Å². The van der Waals surface area contributed by atoms with Crippen molar-refractivity contribution in [3.8, 4) is 11.6 Å². The smallest absolute Gasteiger partial charge is 0.248 e. The molecule has 3 N–H and O–H groups in total. The Morgan fingerprint density at radius 2 is 1.67 bits per heavy atom. The number of ether oxygens (including phenoxy) is 1. The highest BCUT2D eigenvalue weighted by molar-refractivity contribution is 5.84. The predicted octanol–water partition coefficient (Wildman–Crippen LogP) is 5.36. The van der Waals surface area contributed by atoms with Crippen molar-refractivity contribution in [2.75, 3.05) is 11.1 Å². The van der Waals surface area contributed by atoms with Gasteiger partial charge in [0.25, 0.3) is 0 Å². The third kappa shape index (κ3) is 3.53. The standard InChI is InChI=1S/C22H20N4O/c1-14-7-9-18(11-15(14)2)26-21-20(23)22(25-13-24-21)27-19-10-8-16-5-3-4-6-17(16)12-19/h3-13H,23H2,1-2H3,(H,24,25,26). The number of nitrogen functional groups attached to an aromatic ring is 1. The van der Waals surface area contributed by atoms with Crippen LogP contribution in [0.4, 0.5) is 17.2 Å². The molecule has 0 bridgehead atoms. The van der Waals surface area contributed by atoms with Crippen LogP contribution in [-0.2, 0) is 0 Å². The summed E-state index contributed by atoms with van der Waals surface area (Å²) in [4.78, 5) is 8.44. The number of anilines is 3. The van der Waals surface area contributed by atoms with E-state index >= 15 is 0 Å². The molecule has 0 fully saturated rings. The molecule has 0 spiro atoms. The lowest BCUT2D eigenvalue weighted by Gasteiger charge is -2.13. The van der Waals surface area contributed by atoms with Gasteiger partial charge in [-0.3, -0.25) is 0 Å². The Kier molecular flexibility index (Phi) is 4.34. The first-order valence-electron chi connectivity index (χ1n) is 8.71. The molecule has 0 aliphatic rings. The van der Waals surface area contributed by atoms with Crippen molar-refractivity contribution in [3.63, 3.8) is 0 Å². The fourth-order valence-electron chi connectivity index (χ4n) is 2.86. The summed E-state index contributed by atoms with van der Waals surface area (Å²) in [5, 5.41) is 5.48. The van der Waals surface area contributed by atoms with E-state index in [1.165, 1.54) is 17.5 Å². The van der Waals surface area contributed by atoms with Crippen molar-refractivity contribution in [1.29, 1.82) is 0 Å². The van der Waals surface area contributed by atoms with Crippen LogP contribution in [0.25, 0.3) is 10.8 Å². The first-order valence-corrected chi connectivity index (χ1v) is 8.71. The molecule has 5 nitrogen and oxygen atoms in total. The molecule has 0 amide bonds. The summed E-state index contributed by atoms with van der Waals surface area (Å²) in [6, 6.07) is 20.1. The molecule has 0 radical (unpaired) electrons. The monoisotopic (exact) mass is 356 g/mol. The molecule has 0 saturated heterocycles. The molecule has 0 unspecified atom stereocenters. The lowest BCUT2D eigenvalue weighted by Crippen LogP contribution is -2.03. The van der Waals surface area contributed by atoms with Gasteiger partial charge in [0.1, 0.15) is 17.8 Å². The first-order chi connectivity index (χ1) is 13.1. The van der Waals surface area contributed by atoms with Crippen LogP contribution in [0.2, 0.25) is 0 Å². The summed E-state index contributed by atoms with van der Waals surface area (Å²) in [6.45, 7) is 4.14. The summed E-state index contributed by atoms with van der Waals surface area (Å²) in [7, 11) is 0. The van der Waals surface area contributed by atoms with Gasteiger partial charge in [0.15, 0.2) is 5.82 Å². The van der Waals surface area contributed by atoms with Gasteiger partial charge in [0.2, 0.25) is 5.88 Å². The molecule has 4 rings (SSSR count). The average Bonchev–Trinajstić information content (AvgIpc) is 2.68. The second kappa shape index (κ2) is 6.96. The van der Waals surface area contributed by atoms with Crippen LogP contribution in [0.3, 0.4) is 0 Å². The number of nitrogens with two attached hydrogens (primary N) is 1. The van der Waals surface area contributed by atoms with Gasteiger partial charge in [-0.15, -0.1) is 0 Å². The minimum Gasteiger partial charge on any atom is -0.437 e. The van der Waals surface area contributed by atoms with Crippen molar-refractivity contribution in [3.05, 3.63) is 78.1 Å². The summed E-state index contributed by atoms with van der Waals surface area (Å²) in [6.07, 6.45) is 1.44. The summed E-state index contributed by atoms with van der Waals surface area (Å²) >= 11 is 0. The number of hydrogen-bond acceptors (Lipinski definition) is 5. The van der Waals surface area contributed by atoms with Gasteiger partial charge in [-0.2, -0.15) is 4.98 Å². The molecular weight excluding hydrogens is 336 g/mol. The zero-order valence-electron chi connectivity index (χ0n) is 15.2. The van der Waals surface area contributed by atoms with Gasteiger partial charge in [-0.25, -0.2) is 4.98 Å². The zero-order valence-corrected chi connectivity index (χ0v) is 15.2. The third-order valence-corrected chi connectivity index (χ3v) is 4.55. The molecule has 0 saturated carbocycles. The Balaban J connectivity index is 1.61. The van der Waals surface area contributed by atoms with Crippen molar-refractivity contribution in [2.24, 2.45) is 0 Å². The van der Waals surface area contributed by atoms with Crippen molar-refractivity contribution < 1.29 is 4.74 Å². The molecular formula is C22H20N4O. The fraction of sp³-hybridized carbons (Fsp3) is 0.0909. The predicted molar refractivity (Wildman–Crippen MR) is 110 cm³/mol. The zero-order chi connectivity index (χ0) is 18.8. The second-order valence-electron chi connectivity index (χ2n) is 6.48. The Morgan fingerprint density at radius 1 is 0.852 bits per heavy atom. The van der Waals surface area contributed by atoms with E-state index in [4.69, 9.17) is 10.5 Å². The van der Waals surface area contributed by atoms with Gasteiger partial charge in [0.05, 0.1) is 0 Å². The molecule has 0 atom stereocenters. The lowest BCUT2D eigenvalue weighted by molar-refractivity contribution is 0.465. The number of nitrogens with one attached hydrogen (secondary N) is 1. The second-order valence-corrected chi connectivity index (χ2v) is 6.48. The Hall–Kier alpha value is -3.60. The van der Waals surface area contributed by atoms with Gasteiger partial charge in [-0.05, 0) is 60.0 Å². The number of benzene rings is 3. The summed E-state index contributed by atoms with van der Waals surface area (Å²) in [5.41, 5.74) is 9.96. The summed E-state index contributed by atoms with van der Waals surface area (Å²) in [5.74, 6) is 1.52. The average molecular weight is 356 g/mol. The molecule has 134 valence electrons. The molecule has 1 heterocycles. The van der Waals surface area contributed by atoms with E-state index < -0.39 is 0 Å². The molecule has 3 aromatic carbocycles. The maximum absolute atomic E-state index is 6.25. The number of aromatic nitrogens is 2. The van der Waals surface area contributed by atoms with Gasteiger partial charge < -0.3 is 15.8 Å². The van der Waals surface area contributed by atoms with Crippen molar-refractivity contribution in [2.45, 2.75) is 13.8 Å². The summed E-state index contributed by atoms with van der Waals surface area (Å²) < 4.78 is 5.92. The largest absolute Gasteiger partial charge is 0.437 e. The fourth-order valence-corrected chi connectivity index (χ4v) is 2.86. The van der Waals surface area contributed by atoms with Crippen LogP contribution in [0, 0.1) is 13.8 Å². The number of aryl methyl sites for hydroxylation is 2. The van der Waals surface area contributed by atoms with E-state index in [9.17, 15) is 0 Å². The van der Waals surface area contributed by atoms with Crippen LogP contribution in [0.15, 0.2) is 67.0 Å². The number of rotatable bonds is 4. The topological polar surface area (TPSA) is 73.1 Å². The van der Waals surface area contributed by atoms with E-state index in [0.29, 0.717) is 23.1 Å². The van der Waals surface area contributed by atoms with Crippen molar-refractivity contribution in [1.82, 2.24) is 9.97 Å². The number of hydrogen-bond donors (Lipinski definition) is 2. The lowest BCUT2D eigenvalue weighted by atomic mass is 10.1. The highest BCUT2D eigenvalue weighted by Crippen LogP contribution is 2.32. The van der Waals surface area contributed by atoms with Crippen LogP contribution in [0.1, 0.15) is 11.1 Å². The van der Waals surface area contributed by atoms with E-state index in [1.54, 1.807) is 0 Å². The Bertz CT molecular complexity index is 1120. The third-order valence-electron chi connectivity index (χ3n) is 4.55. The van der Waals surface area contributed by atoms with E-state index in [1.807, 2.05) is 42.5 Å². The van der Waals surface area contributed by atoms with Gasteiger partial charge >= 0.3 is 0 Å². The Labute approximate surface area is 157 Å². The number of fused-ring (bicyclic) bond motifs is 1. The maximum Gasteiger partial charge on any atom is 0.248 e. The van der Waals surface area contributed by atoms with Crippen LogP contribution >= 0.6 is 0 Å². The van der Waals surface area contributed by atoms with Crippen molar-refractivity contribution >= 4 is 28.0 Å². The molecule has 0 aliphatic carbocycles. The maximum atomic E-state index is 6.25. The van der Waals surface area contributed by atoms with E-state index in [-0.39, 0.29) is 0 Å². The highest BCUT2D eigenvalue weighted by Gasteiger charge is 2.11. The van der Waals surface area contributed by atoms with E-state index in [2.05, 4.69) is 47.3 Å². The molecule has 0 aliphatic heterocycles. The Morgan fingerprint density at radius 3 is 2.48 bits per heavy atom. The molecule has 1 aromatic heterocycles. The minimum atomic E-state index is 0.326. The highest BCUT2D eigenvalue weighted by atomic mass is 16.5. The molecule has 4 aromatic rings. The van der Waals surface area contributed by atoms with Crippen LogP contribution in [-0.4, -0.2) is 9.97 Å². The molecule has 5 heteroatoms. The quantitative estimate of drug-likeness (QED) is 0.514. The number of nitrogens with zero attached hydrogens (tertiary/aromatic N) is 2. The minimum absolute atomic E-state index is 0.326. The van der Waals surface area contributed by atoms with Gasteiger partial charge in [-0.1, -0.05) is 36.4 Å². The first kappa shape index (κ1) is 16.8. The van der Waals surface area contributed by atoms with Gasteiger partial charge in [0, 0.05) is 5.69 Å². The molecule has 27 heavy (non-hydrogen) atoms. The van der Waals surface area contributed by atoms with Crippen LogP contribution in [0.5, 0.6) is 11.6 Å². The SMILES string of the molecule is Cc1ccc(Nc2ncnc(Oc3ccc4ccccc4c3)c2N)cc1C.